The van der Waals surface area contributed by atoms with Crippen LogP contribution in [0.5, 0.6) is 5.75 Å². The molecule has 0 amide bonds. The van der Waals surface area contributed by atoms with E-state index in [0.717, 1.165) is 5.56 Å². The Balaban J connectivity index is 1.67. The minimum Gasteiger partial charge on any atom is -0.482 e. The topological polar surface area (TPSA) is 117 Å². The van der Waals surface area contributed by atoms with Crippen molar-refractivity contribution in [3.05, 3.63) is 105 Å². The number of benzene rings is 3. The lowest BCUT2D eigenvalue weighted by Gasteiger charge is -2.08. The smallest absolute Gasteiger partial charge is 0.365 e. The molecule has 158 valence electrons. The first-order valence-corrected chi connectivity index (χ1v) is 9.11. The number of nitro benzene ring substituents is 1. The van der Waals surface area contributed by atoms with Gasteiger partial charge in [0.25, 0.3) is 0 Å². The Bertz CT molecular complexity index is 1150. The molecule has 2 N–H and O–H groups in total. The minimum absolute atomic E-state index is 0.00596. The monoisotopic (exact) mass is 423 g/mol. The van der Waals surface area contributed by atoms with Gasteiger partial charge in [0.1, 0.15) is 12.4 Å². The predicted octanol–water partition coefficient (Wildman–Crippen LogP) is 4.10. The summed E-state index contributed by atoms with van der Waals surface area (Å²) in [5.74, 6) is -1.14. The van der Waals surface area contributed by atoms with Crippen LogP contribution in [0, 0.1) is 22.9 Å². The number of carbonyl (C=O) groups excluding carboxylic acids is 1. The van der Waals surface area contributed by atoms with Crippen LogP contribution in [0.2, 0.25) is 0 Å². The Hall–Kier alpha value is -4.27. The highest BCUT2D eigenvalue weighted by atomic mass is 19.1. The van der Waals surface area contributed by atoms with Crippen molar-refractivity contribution < 1.29 is 23.7 Å². The Morgan fingerprint density at radius 3 is 2.55 bits per heavy atom. The standard InChI is InChI=1S/C22H18FN3O5/c1-14-5-10-20(19(11-14)26(28)29)30-13-15-3-2-4-17(12-15)22(27)31-25-21(24)16-6-8-18(23)9-7-16/h2-12H,13H2,1H3,(H2,24,25). The summed E-state index contributed by atoms with van der Waals surface area (Å²) in [5, 5.41) is 14.8. The van der Waals surface area contributed by atoms with Gasteiger partial charge in [0, 0.05) is 11.6 Å². The van der Waals surface area contributed by atoms with Crippen LogP contribution < -0.4 is 10.5 Å². The van der Waals surface area contributed by atoms with Gasteiger partial charge in [-0.25, -0.2) is 9.18 Å². The molecule has 8 nitrogen and oxygen atoms in total. The van der Waals surface area contributed by atoms with Gasteiger partial charge in [0.2, 0.25) is 0 Å². The fourth-order valence-electron chi connectivity index (χ4n) is 2.66. The number of nitrogens with two attached hydrogens (primary N) is 1. The zero-order valence-electron chi connectivity index (χ0n) is 16.4. The molecule has 9 heteroatoms. The van der Waals surface area contributed by atoms with Crippen molar-refractivity contribution in [1.29, 1.82) is 0 Å². The molecule has 0 heterocycles. The molecule has 3 rings (SSSR count). The van der Waals surface area contributed by atoms with Crippen LogP contribution in [-0.2, 0) is 11.4 Å². The van der Waals surface area contributed by atoms with E-state index in [9.17, 15) is 19.3 Å². The summed E-state index contributed by atoms with van der Waals surface area (Å²) in [7, 11) is 0. The molecule has 3 aromatic rings. The van der Waals surface area contributed by atoms with Crippen molar-refractivity contribution in [2.45, 2.75) is 13.5 Å². The van der Waals surface area contributed by atoms with Crippen LogP contribution in [-0.4, -0.2) is 16.7 Å². The number of rotatable bonds is 7. The molecule has 0 radical (unpaired) electrons. The van der Waals surface area contributed by atoms with Crippen molar-refractivity contribution in [2.75, 3.05) is 0 Å². The van der Waals surface area contributed by atoms with E-state index in [4.69, 9.17) is 15.3 Å². The Morgan fingerprint density at radius 2 is 1.84 bits per heavy atom. The number of oxime groups is 1. The van der Waals surface area contributed by atoms with Gasteiger partial charge >= 0.3 is 11.7 Å². The quantitative estimate of drug-likeness (QED) is 0.201. The number of nitrogens with zero attached hydrogens (tertiary/aromatic N) is 2. The van der Waals surface area contributed by atoms with E-state index in [-0.39, 0.29) is 29.4 Å². The van der Waals surface area contributed by atoms with Crippen LogP contribution in [0.3, 0.4) is 0 Å². The number of carbonyl (C=O) groups is 1. The van der Waals surface area contributed by atoms with Gasteiger partial charge in [-0.15, -0.1) is 0 Å². The Labute approximate surface area is 176 Å². The molecule has 0 spiro atoms. The number of hydrogen-bond donors (Lipinski definition) is 1. The Morgan fingerprint density at radius 1 is 1.10 bits per heavy atom. The summed E-state index contributed by atoms with van der Waals surface area (Å²) in [6, 6.07) is 16.2. The number of hydrogen-bond acceptors (Lipinski definition) is 6. The van der Waals surface area contributed by atoms with Gasteiger partial charge in [-0.05, 0) is 60.5 Å². The van der Waals surface area contributed by atoms with Crippen molar-refractivity contribution in [3.8, 4) is 5.75 Å². The van der Waals surface area contributed by atoms with Gasteiger partial charge < -0.3 is 15.3 Å². The fourth-order valence-corrected chi connectivity index (χ4v) is 2.66. The minimum atomic E-state index is -0.756. The molecule has 0 aliphatic rings. The third-order valence-corrected chi connectivity index (χ3v) is 4.24. The zero-order chi connectivity index (χ0) is 22.4. The van der Waals surface area contributed by atoms with Gasteiger partial charge in [-0.1, -0.05) is 23.4 Å². The first-order chi connectivity index (χ1) is 14.8. The normalized spacial score (nSPS) is 11.1. The molecule has 0 aliphatic heterocycles. The molecule has 0 saturated heterocycles. The Kier molecular flexibility index (Phi) is 6.56. The second-order valence-corrected chi connectivity index (χ2v) is 6.58. The van der Waals surface area contributed by atoms with Crippen LogP contribution in [0.4, 0.5) is 10.1 Å². The fraction of sp³-hybridized carbons (Fsp3) is 0.0909. The maximum atomic E-state index is 13.0. The lowest BCUT2D eigenvalue weighted by molar-refractivity contribution is -0.386. The molecular weight excluding hydrogens is 405 g/mol. The van der Waals surface area contributed by atoms with Crippen molar-refractivity contribution in [3.63, 3.8) is 0 Å². The average Bonchev–Trinajstić information content (AvgIpc) is 2.77. The molecule has 0 fully saturated rings. The van der Waals surface area contributed by atoms with Crippen molar-refractivity contribution in [1.82, 2.24) is 0 Å². The van der Waals surface area contributed by atoms with E-state index in [0.29, 0.717) is 11.1 Å². The third-order valence-electron chi connectivity index (χ3n) is 4.24. The summed E-state index contributed by atoms with van der Waals surface area (Å²) in [5.41, 5.74) is 7.53. The predicted molar refractivity (Wildman–Crippen MR) is 111 cm³/mol. The lowest BCUT2D eigenvalue weighted by Crippen LogP contribution is -2.15. The van der Waals surface area contributed by atoms with Crippen LogP contribution in [0.15, 0.2) is 71.9 Å². The molecule has 3 aromatic carbocycles. The van der Waals surface area contributed by atoms with Gasteiger partial charge in [0.15, 0.2) is 11.6 Å². The number of nitro groups is 1. The highest BCUT2D eigenvalue weighted by Crippen LogP contribution is 2.28. The highest BCUT2D eigenvalue weighted by molar-refractivity contribution is 5.98. The summed E-state index contributed by atoms with van der Waals surface area (Å²) in [6.07, 6.45) is 0. The zero-order valence-corrected chi connectivity index (χ0v) is 16.4. The number of amidine groups is 1. The molecular formula is C22H18FN3O5. The van der Waals surface area contributed by atoms with Gasteiger partial charge in [-0.2, -0.15) is 0 Å². The summed E-state index contributed by atoms with van der Waals surface area (Å²) in [6.45, 7) is 1.75. The second-order valence-electron chi connectivity index (χ2n) is 6.58. The number of aryl methyl sites for hydroxylation is 1. The lowest BCUT2D eigenvalue weighted by atomic mass is 10.1. The van der Waals surface area contributed by atoms with Gasteiger partial charge in [0.05, 0.1) is 10.5 Å². The third kappa shape index (κ3) is 5.63. The molecule has 0 unspecified atom stereocenters. The van der Waals surface area contributed by atoms with E-state index in [1.165, 1.54) is 48.5 Å². The molecule has 0 bridgehead atoms. The average molecular weight is 423 g/mol. The van der Waals surface area contributed by atoms with Crippen molar-refractivity contribution in [2.24, 2.45) is 10.9 Å². The van der Waals surface area contributed by atoms with E-state index >= 15 is 0 Å². The van der Waals surface area contributed by atoms with E-state index in [2.05, 4.69) is 5.16 Å². The number of ether oxygens (including phenoxy) is 1. The largest absolute Gasteiger partial charge is 0.482 e. The van der Waals surface area contributed by atoms with Crippen molar-refractivity contribution >= 4 is 17.5 Å². The highest BCUT2D eigenvalue weighted by Gasteiger charge is 2.16. The van der Waals surface area contributed by atoms with E-state index in [1.807, 2.05) is 0 Å². The summed E-state index contributed by atoms with van der Waals surface area (Å²) >= 11 is 0. The van der Waals surface area contributed by atoms with Crippen LogP contribution in [0.25, 0.3) is 0 Å². The first-order valence-electron chi connectivity index (χ1n) is 9.11. The van der Waals surface area contributed by atoms with Gasteiger partial charge in [-0.3, -0.25) is 10.1 Å². The van der Waals surface area contributed by atoms with Crippen LogP contribution in [0.1, 0.15) is 27.0 Å². The van der Waals surface area contributed by atoms with Crippen LogP contribution >= 0.6 is 0 Å². The molecule has 31 heavy (non-hydrogen) atoms. The molecule has 0 aliphatic carbocycles. The van der Waals surface area contributed by atoms with E-state index in [1.54, 1.807) is 25.1 Å². The van der Waals surface area contributed by atoms with E-state index < -0.39 is 16.7 Å². The SMILES string of the molecule is Cc1ccc(OCc2cccc(C(=O)O/N=C(\N)c3ccc(F)cc3)c2)c([N+](=O)[O-])c1. The molecule has 0 saturated carbocycles. The number of halogens is 1. The maximum Gasteiger partial charge on any atom is 0.365 e. The first kappa shape index (κ1) is 21.4. The molecule has 0 atom stereocenters. The summed E-state index contributed by atoms with van der Waals surface area (Å²) in [4.78, 5) is 27.8. The second kappa shape index (κ2) is 9.49. The molecule has 0 aromatic heterocycles. The summed E-state index contributed by atoms with van der Waals surface area (Å²) < 4.78 is 18.5. The maximum absolute atomic E-state index is 13.0.